The van der Waals surface area contributed by atoms with Gasteiger partial charge in [-0.3, -0.25) is 4.79 Å². The van der Waals surface area contributed by atoms with Crippen molar-refractivity contribution in [2.45, 2.75) is 38.7 Å². The highest BCUT2D eigenvalue weighted by atomic mass is 16.5. The van der Waals surface area contributed by atoms with E-state index in [9.17, 15) is 9.59 Å². The zero-order valence-electron chi connectivity index (χ0n) is 13.1. The van der Waals surface area contributed by atoms with E-state index in [2.05, 4.69) is 31.2 Å². The van der Waals surface area contributed by atoms with E-state index < -0.39 is 12.1 Å². The standard InChI is InChI=1S/C17H23NO4/c1-3-13-4-6-14(7-5-13)12(2)10-16(19)18-8-9-22-15(11-18)17(20)21/h4-7,12,15H,3,8-11H2,1-2H3,(H,20,21)/t12-,15+/m1/s1. The minimum absolute atomic E-state index is 0.0124. The molecule has 2 rings (SSSR count). The molecule has 1 N–H and O–H groups in total. The van der Waals surface area contributed by atoms with Gasteiger partial charge in [0.25, 0.3) is 0 Å². The molecular weight excluding hydrogens is 282 g/mol. The molecule has 1 heterocycles. The Bertz CT molecular complexity index is 526. The Hall–Kier alpha value is -1.88. The number of ether oxygens (including phenoxy) is 1. The van der Waals surface area contributed by atoms with Gasteiger partial charge in [0, 0.05) is 13.0 Å². The van der Waals surface area contributed by atoms with Crippen LogP contribution in [0.1, 0.15) is 37.3 Å². The highest BCUT2D eigenvalue weighted by Gasteiger charge is 2.29. The molecule has 0 aromatic heterocycles. The topological polar surface area (TPSA) is 66.8 Å². The summed E-state index contributed by atoms with van der Waals surface area (Å²) in [6, 6.07) is 8.31. The monoisotopic (exact) mass is 305 g/mol. The second kappa shape index (κ2) is 7.40. The molecule has 0 saturated carbocycles. The number of aliphatic carboxylic acids is 1. The summed E-state index contributed by atoms with van der Waals surface area (Å²) < 4.78 is 5.14. The van der Waals surface area contributed by atoms with Crippen molar-refractivity contribution in [2.24, 2.45) is 0 Å². The first-order valence-electron chi connectivity index (χ1n) is 7.72. The summed E-state index contributed by atoms with van der Waals surface area (Å²) in [7, 11) is 0. The smallest absolute Gasteiger partial charge is 0.334 e. The summed E-state index contributed by atoms with van der Waals surface area (Å²) in [4.78, 5) is 24.9. The van der Waals surface area contributed by atoms with Crippen LogP contribution in [0.4, 0.5) is 0 Å². The van der Waals surface area contributed by atoms with E-state index in [-0.39, 0.29) is 25.0 Å². The van der Waals surface area contributed by atoms with Crippen molar-refractivity contribution in [3.8, 4) is 0 Å². The van der Waals surface area contributed by atoms with Crippen molar-refractivity contribution in [3.63, 3.8) is 0 Å². The number of morpholine rings is 1. The van der Waals surface area contributed by atoms with E-state index in [1.807, 2.05) is 6.92 Å². The van der Waals surface area contributed by atoms with Crippen LogP contribution >= 0.6 is 0 Å². The SMILES string of the molecule is CCc1ccc([C@H](C)CC(=O)N2CCO[C@H](C(=O)O)C2)cc1. The fourth-order valence-corrected chi connectivity index (χ4v) is 2.62. The summed E-state index contributed by atoms with van der Waals surface area (Å²) in [5, 5.41) is 8.98. The molecule has 0 bridgehead atoms. The van der Waals surface area contributed by atoms with Crippen LogP contribution in [0.3, 0.4) is 0 Å². The van der Waals surface area contributed by atoms with Crippen LogP contribution in [-0.2, 0) is 20.7 Å². The first kappa shape index (κ1) is 16.5. The predicted molar refractivity (Wildman–Crippen MR) is 82.8 cm³/mol. The Balaban J connectivity index is 1.93. The van der Waals surface area contributed by atoms with E-state index in [0.717, 1.165) is 12.0 Å². The number of benzene rings is 1. The van der Waals surface area contributed by atoms with Gasteiger partial charge in [0.2, 0.25) is 5.91 Å². The summed E-state index contributed by atoms with van der Waals surface area (Å²) in [6.07, 6.45) is 0.479. The van der Waals surface area contributed by atoms with Gasteiger partial charge in [0.1, 0.15) is 0 Å². The van der Waals surface area contributed by atoms with Crippen molar-refractivity contribution in [1.82, 2.24) is 4.90 Å². The van der Waals surface area contributed by atoms with Gasteiger partial charge in [-0.15, -0.1) is 0 Å². The lowest BCUT2D eigenvalue weighted by Gasteiger charge is -2.31. The molecule has 1 fully saturated rings. The number of carboxylic acids is 1. The van der Waals surface area contributed by atoms with Crippen LogP contribution in [-0.4, -0.2) is 47.7 Å². The molecule has 5 nitrogen and oxygen atoms in total. The van der Waals surface area contributed by atoms with Crippen LogP contribution < -0.4 is 0 Å². The minimum atomic E-state index is -1.01. The molecule has 0 unspecified atom stereocenters. The van der Waals surface area contributed by atoms with E-state index in [4.69, 9.17) is 9.84 Å². The first-order valence-corrected chi connectivity index (χ1v) is 7.72. The van der Waals surface area contributed by atoms with Crippen LogP contribution in [0, 0.1) is 0 Å². The van der Waals surface area contributed by atoms with Gasteiger partial charge in [-0.2, -0.15) is 0 Å². The summed E-state index contributed by atoms with van der Waals surface area (Å²) in [6.45, 7) is 5.01. The minimum Gasteiger partial charge on any atom is -0.479 e. The van der Waals surface area contributed by atoms with Crippen LogP contribution in [0.5, 0.6) is 0 Å². The number of rotatable bonds is 5. The molecule has 5 heteroatoms. The molecule has 1 aliphatic heterocycles. The molecular formula is C17H23NO4. The van der Waals surface area contributed by atoms with Gasteiger partial charge in [-0.05, 0) is 23.5 Å². The largest absolute Gasteiger partial charge is 0.479 e. The second-order valence-corrected chi connectivity index (χ2v) is 5.74. The van der Waals surface area contributed by atoms with Crippen molar-refractivity contribution in [1.29, 1.82) is 0 Å². The molecule has 120 valence electrons. The lowest BCUT2D eigenvalue weighted by atomic mass is 9.95. The molecule has 0 spiro atoms. The fourth-order valence-electron chi connectivity index (χ4n) is 2.62. The highest BCUT2D eigenvalue weighted by molar-refractivity contribution is 5.79. The molecule has 0 aliphatic carbocycles. The lowest BCUT2D eigenvalue weighted by molar-refractivity contribution is -0.159. The highest BCUT2D eigenvalue weighted by Crippen LogP contribution is 2.21. The summed E-state index contributed by atoms with van der Waals surface area (Å²) >= 11 is 0. The Morgan fingerprint density at radius 3 is 2.64 bits per heavy atom. The number of hydrogen-bond acceptors (Lipinski definition) is 3. The Labute approximate surface area is 130 Å². The molecule has 22 heavy (non-hydrogen) atoms. The maximum absolute atomic E-state index is 12.4. The predicted octanol–water partition coefficient (Wildman–Crippen LogP) is 2.05. The van der Waals surface area contributed by atoms with Crippen LogP contribution in [0.2, 0.25) is 0 Å². The number of carbonyl (C=O) groups is 2. The fraction of sp³-hybridized carbons (Fsp3) is 0.529. The van der Waals surface area contributed by atoms with Crippen LogP contribution in [0.15, 0.2) is 24.3 Å². The van der Waals surface area contributed by atoms with Crippen molar-refractivity contribution in [3.05, 3.63) is 35.4 Å². The van der Waals surface area contributed by atoms with Gasteiger partial charge >= 0.3 is 5.97 Å². The molecule has 1 aromatic carbocycles. The van der Waals surface area contributed by atoms with E-state index in [0.29, 0.717) is 13.0 Å². The molecule has 1 aromatic rings. The molecule has 1 aliphatic rings. The van der Waals surface area contributed by atoms with Gasteiger partial charge in [0.15, 0.2) is 6.10 Å². The molecule has 1 amide bonds. The summed E-state index contributed by atoms with van der Waals surface area (Å²) in [5.41, 5.74) is 2.41. The van der Waals surface area contributed by atoms with Gasteiger partial charge in [-0.25, -0.2) is 4.79 Å². The Morgan fingerprint density at radius 1 is 1.36 bits per heavy atom. The van der Waals surface area contributed by atoms with Crippen molar-refractivity contribution >= 4 is 11.9 Å². The average molecular weight is 305 g/mol. The van der Waals surface area contributed by atoms with Gasteiger partial charge in [0.05, 0.1) is 13.2 Å². The number of carbonyl (C=O) groups excluding carboxylic acids is 1. The number of amides is 1. The third-order valence-electron chi connectivity index (χ3n) is 4.13. The molecule has 1 saturated heterocycles. The Kier molecular flexibility index (Phi) is 5.55. The normalized spacial score (nSPS) is 19.7. The van der Waals surface area contributed by atoms with E-state index in [1.165, 1.54) is 5.56 Å². The third-order valence-corrected chi connectivity index (χ3v) is 4.13. The van der Waals surface area contributed by atoms with E-state index >= 15 is 0 Å². The molecule has 2 atom stereocenters. The zero-order valence-corrected chi connectivity index (χ0v) is 13.1. The van der Waals surface area contributed by atoms with E-state index in [1.54, 1.807) is 4.90 Å². The lowest BCUT2D eigenvalue weighted by Crippen LogP contribution is -2.48. The quantitative estimate of drug-likeness (QED) is 0.904. The van der Waals surface area contributed by atoms with Gasteiger partial charge < -0.3 is 14.7 Å². The zero-order chi connectivity index (χ0) is 16.1. The van der Waals surface area contributed by atoms with Crippen molar-refractivity contribution in [2.75, 3.05) is 19.7 Å². The second-order valence-electron chi connectivity index (χ2n) is 5.74. The first-order chi connectivity index (χ1) is 10.5. The average Bonchev–Trinajstić information content (AvgIpc) is 2.54. The van der Waals surface area contributed by atoms with Gasteiger partial charge in [-0.1, -0.05) is 38.1 Å². The summed E-state index contributed by atoms with van der Waals surface area (Å²) in [5.74, 6) is -0.910. The number of hydrogen-bond donors (Lipinski definition) is 1. The number of aryl methyl sites for hydroxylation is 1. The maximum Gasteiger partial charge on any atom is 0.334 e. The third kappa shape index (κ3) is 4.07. The Morgan fingerprint density at radius 2 is 2.05 bits per heavy atom. The molecule has 0 radical (unpaired) electrons. The number of carboxylic acid groups (broad SMARTS) is 1. The maximum atomic E-state index is 12.4. The van der Waals surface area contributed by atoms with Crippen molar-refractivity contribution < 1.29 is 19.4 Å². The number of nitrogens with zero attached hydrogens (tertiary/aromatic N) is 1. The van der Waals surface area contributed by atoms with Crippen LogP contribution in [0.25, 0.3) is 0 Å².